The number of piperidine rings is 1. The Bertz CT molecular complexity index is 573. The van der Waals surface area contributed by atoms with Gasteiger partial charge in [0.15, 0.2) is 0 Å². The van der Waals surface area contributed by atoms with E-state index in [0.29, 0.717) is 5.92 Å². The van der Waals surface area contributed by atoms with Gasteiger partial charge in [0.2, 0.25) is 0 Å². The smallest absolute Gasteiger partial charge is 0.0684 e. The van der Waals surface area contributed by atoms with E-state index >= 15 is 0 Å². The molecule has 2 aromatic carbocycles. The SMILES string of the molecule is OCc1ccccc1C1CCN(CCc2ccccc2)CC1. The third-order valence-electron chi connectivity index (χ3n) is 4.81. The molecule has 1 aliphatic rings. The van der Waals surface area contributed by atoms with Crippen molar-refractivity contribution in [1.82, 2.24) is 4.90 Å². The summed E-state index contributed by atoms with van der Waals surface area (Å²) in [6.45, 7) is 3.64. The van der Waals surface area contributed by atoms with Gasteiger partial charge in [0, 0.05) is 6.54 Å². The van der Waals surface area contributed by atoms with Crippen LogP contribution < -0.4 is 0 Å². The number of aliphatic hydroxyl groups excluding tert-OH is 1. The van der Waals surface area contributed by atoms with Gasteiger partial charge in [-0.15, -0.1) is 0 Å². The van der Waals surface area contributed by atoms with E-state index < -0.39 is 0 Å². The molecule has 0 radical (unpaired) electrons. The van der Waals surface area contributed by atoms with Crippen molar-refractivity contribution in [3.8, 4) is 0 Å². The van der Waals surface area contributed by atoms with Gasteiger partial charge >= 0.3 is 0 Å². The van der Waals surface area contributed by atoms with Crippen molar-refractivity contribution in [3.05, 3.63) is 71.3 Å². The van der Waals surface area contributed by atoms with E-state index in [1.54, 1.807) is 0 Å². The summed E-state index contributed by atoms with van der Waals surface area (Å²) in [6, 6.07) is 19.1. The summed E-state index contributed by atoms with van der Waals surface area (Å²) in [5, 5.41) is 9.50. The van der Waals surface area contributed by atoms with Crippen molar-refractivity contribution in [2.75, 3.05) is 19.6 Å². The van der Waals surface area contributed by atoms with Crippen LogP contribution in [0.5, 0.6) is 0 Å². The first-order valence-electron chi connectivity index (χ1n) is 8.32. The first-order chi connectivity index (χ1) is 10.9. The third kappa shape index (κ3) is 3.76. The number of benzene rings is 2. The van der Waals surface area contributed by atoms with Gasteiger partial charge in [-0.1, -0.05) is 54.6 Å². The quantitative estimate of drug-likeness (QED) is 0.911. The predicted molar refractivity (Wildman–Crippen MR) is 90.9 cm³/mol. The van der Waals surface area contributed by atoms with Crippen LogP contribution in [0.3, 0.4) is 0 Å². The summed E-state index contributed by atoms with van der Waals surface area (Å²) in [5.74, 6) is 0.608. The molecule has 0 amide bonds. The molecule has 2 aromatic rings. The second kappa shape index (κ2) is 7.57. The van der Waals surface area contributed by atoms with Crippen molar-refractivity contribution in [2.24, 2.45) is 0 Å². The zero-order chi connectivity index (χ0) is 15.2. The van der Waals surface area contributed by atoms with Crippen molar-refractivity contribution >= 4 is 0 Å². The van der Waals surface area contributed by atoms with Gasteiger partial charge in [-0.25, -0.2) is 0 Å². The Hall–Kier alpha value is -1.64. The molecular weight excluding hydrogens is 270 g/mol. The summed E-state index contributed by atoms with van der Waals surface area (Å²) >= 11 is 0. The lowest BCUT2D eigenvalue weighted by Crippen LogP contribution is -2.34. The maximum absolute atomic E-state index is 9.50. The standard InChI is InChI=1S/C20H25NO/c22-16-19-8-4-5-9-20(19)18-11-14-21(15-12-18)13-10-17-6-2-1-3-7-17/h1-9,18,22H,10-16H2. The van der Waals surface area contributed by atoms with E-state index in [0.717, 1.165) is 31.6 Å². The lowest BCUT2D eigenvalue weighted by Gasteiger charge is -2.33. The Balaban J connectivity index is 1.52. The molecule has 0 aliphatic carbocycles. The molecule has 1 fully saturated rings. The molecule has 0 atom stereocenters. The molecule has 1 N–H and O–H groups in total. The van der Waals surface area contributed by atoms with Crippen LogP contribution in [0, 0.1) is 0 Å². The van der Waals surface area contributed by atoms with Crippen LogP contribution in [0.15, 0.2) is 54.6 Å². The summed E-state index contributed by atoms with van der Waals surface area (Å²) < 4.78 is 0. The molecule has 2 heteroatoms. The number of likely N-dealkylation sites (tertiary alicyclic amines) is 1. The van der Waals surface area contributed by atoms with Gasteiger partial charge in [-0.3, -0.25) is 0 Å². The molecule has 0 unspecified atom stereocenters. The Morgan fingerprint density at radius 3 is 2.32 bits per heavy atom. The average Bonchev–Trinajstić information content (AvgIpc) is 2.61. The Labute approximate surface area is 133 Å². The molecule has 1 heterocycles. The molecule has 0 aromatic heterocycles. The highest BCUT2D eigenvalue weighted by molar-refractivity contribution is 5.30. The highest BCUT2D eigenvalue weighted by Crippen LogP contribution is 2.30. The third-order valence-corrected chi connectivity index (χ3v) is 4.81. The van der Waals surface area contributed by atoms with E-state index in [9.17, 15) is 5.11 Å². The maximum atomic E-state index is 9.50. The number of rotatable bonds is 5. The highest BCUT2D eigenvalue weighted by Gasteiger charge is 2.21. The molecule has 1 saturated heterocycles. The second-order valence-corrected chi connectivity index (χ2v) is 6.21. The number of hydrogen-bond acceptors (Lipinski definition) is 2. The Kier molecular flexibility index (Phi) is 5.25. The van der Waals surface area contributed by atoms with E-state index in [4.69, 9.17) is 0 Å². The van der Waals surface area contributed by atoms with Crippen LogP contribution in [0.25, 0.3) is 0 Å². The Morgan fingerprint density at radius 2 is 1.59 bits per heavy atom. The molecule has 0 saturated carbocycles. The molecule has 3 rings (SSSR count). The first-order valence-corrected chi connectivity index (χ1v) is 8.32. The number of nitrogens with zero attached hydrogens (tertiary/aromatic N) is 1. The molecule has 1 aliphatic heterocycles. The van der Waals surface area contributed by atoms with Crippen LogP contribution in [-0.4, -0.2) is 29.6 Å². The predicted octanol–water partition coefficient (Wildman–Crippen LogP) is 3.60. The summed E-state index contributed by atoms with van der Waals surface area (Å²) in [5.41, 5.74) is 3.88. The zero-order valence-electron chi connectivity index (χ0n) is 13.1. The normalized spacial score (nSPS) is 16.8. The first kappa shape index (κ1) is 15.3. The topological polar surface area (TPSA) is 23.5 Å². The van der Waals surface area contributed by atoms with E-state index in [1.165, 1.54) is 24.0 Å². The minimum absolute atomic E-state index is 0.157. The minimum Gasteiger partial charge on any atom is -0.392 e. The highest BCUT2D eigenvalue weighted by atomic mass is 16.3. The fourth-order valence-electron chi connectivity index (χ4n) is 3.48. The molecule has 116 valence electrons. The monoisotopic (exact) mass is 295 g/mol. The molecular formula is C20H25NO. The summed E-state index contributed by atoms with van der Waals surface area (Å²) in [4.78, 5) is 2.57. The van der Waals surface area contributed by atoms with Crippen molar-refractivity contribution in [2.45, 2.75) is 31.8 Å². The van der Waals surface area contributed by atoms with Crippen molar-refractivity contribution in [3.63, 3.8) is 0 Å². The number of hydrogen-bond donors (Lipinski definition) is 1. The molecule has 0 bridgehead atoms. The van der Waals surface area contributed by atoms with Gasteiger partial charge in [0.1, 0.15) is 0 Å². The number of aliphatic hydroxyl groups is 1. The zero-order valence-corrected chi connectivity index (χ0v) is 13.1. The van der Waals surface area contributed by atoms with Crippen LogP contribution in [0.4, 0.5) is 0 Å². The minimum atomic E-state index is 0.157. The lowest BCUT2D eigenvalue weighted by atomic mass is 9.86. The Morgan fingerprint density at radius 1 is 0.909 bits per heavy atom. The van der Waals surface area contributed by atoms with Crippen LogP contribution in [0.2, 0.25) is 0 Å². The van der Waals surface area contributed by atoms with Gasteiger partial charge < -0.3 is 10.0 Å². The van der Waals surface area contributed by atoms with Crippen molar-refractivity contribution < 1.29 is 5.11 Å². The van der Waals surface area contributed by atoms with Gasteiger partial charge in [0.05, 0.1) is 6.61 Å². The van der Waals surface area contributed by atoms with Crippen LogP contribution in [-0.2, 0) is 13.0 Å². The molecule has 2 nitrogen and oxygen atoms in total. The van der Waals surface area contributed by atoms with Crippen LogP contribution >= 0.6 is 0 Å². The summed E-state index contributed by atoms with van der Waals surface area (Å²) in [6.07, 6.45) is 3.54. The second-order valence-electron chi connectivity index (χ2n) is 6.21. The fraction of sp³-hybridized carbons (Fsp3) is 0.400. The molecule has 0 spiro atoms. The van der Waals surface area contributed by atoms with Gasteiger partial charge in [-0.05, 0) is 55.0 Å². The maximum Gasteiger partial charge on any atom is 0.0684 e. The lowest BCUT2D eigenvalue weighted by molar-refractivity contribution is 0.212. The fourth-order valence-corrected chi connectivity index (χ4v) is 3.48. The largest absolute Gasteiger partial charge is 0.392 e. The van der Waals surface area contributed by atoms with Crippen molar-refractivity contribution in [1.29, 1.82) is 0 Å². The summed E-state index contributed by atoms with van der Waals surface area (Å²) in [7, 11) is 0. The van der Waals surface area contributed by atoms with Crippen LogP contribution in [0.1, 0.15) is 35.4 Å². The van der Waals surface area contributed by atoms with Gasteiger partial charge in [-0.2, -0.15) is 0 Å². The van der Waals surface area contributed by atoms with E-state index in [2.05, 4.69) is 53.4 Å². The average molecular weight is 295 g/mol. The van der Waals surface area contributed by atoms with E-state index in [-0.39, 0.29) is 6.61 Å². The molecule has 22 heavy (non-hydrogen) atoms. The van der Waals surface area contributed by atoms with E-state index in [1.807, 2.05) is 6.07 Å². The van der Waals surface area contributed by atoms with Gasteiger partial charge in [0.25, 0.3) is 0 Å².